The molecule has 1 amide bonds. The van der Waals surface area contributed by atoms with Gasteiger partial charge in [0, 0.05) is 17.3 Å². The van der Waals surface area contributed by atoms with Crippen LogP contribution in [-0.4, -0.2) is 10.6 Å². The number of rotatable bonds is 3. The number of para-hydroxylation sites is 1. The molecule has 3 heteroatoms. The fourth-order valence-electron chi connectivity index (χ4n) is 4.93. The molecule has 0 saturated heterocycles. The first-order chi connectivity index (χ1) is 14.8. The molecule has 0 radical (unpaired) electrons. The molecule has 0 atom stereocenters. The molecular weight excluding hydrogens is 368 g/mol. The van der Waals surface area contributed by atoms with Crippen LogP contribution in [0.3, 0.4) is 0 Å². The van der Waals surface area contributed by atoms with Crippen LogP contribution in [0.1, 0.15) is 50.5 Å². The summed E-state index contributed by atoms with van der Waals surface area (Å²) in [4.78, 5) is 12.7. The van der Waals surface area contributed by atoms with E-state index < -0.39 is 0 Å². The quantitative estimate of drug-likeness (QED) is 0.491. The Kier molecular flexibility index (Phi) is 5.27. The van der Waals surface area contributed by atoms with Gasteiger partial charge in [-0.2, -0.15) is 0 Å². The van der Waals surface area contributed by atoms with Crippen molar-refractivity contribution in [2.45, 2.75) is 44.9 Å². The van der Waals surface area contributed by atoms with E-state index in [0.29, 0.717) is 0 Å². The van der Waals surface area contributed by atoms with E-state index in [1.807, 2.05) is 42.6 Å². The molecule has 2 aromatic carbocycles. The average molecular weight is 397 g/mol. The van der Waals surface area contributed by atoms with Crippen LogP contribution in [0.2, 0.25) is 0 Å². The highest BCUT2D eigenvalue weighted by atomic mass is 16.2. The third-order valence-corrected chi connectivity index (χ3v) is 6.62. The van der Waals surface area contributed by atoms with Gasteiger partial charge in [0.1, 0.15) is 0 Å². The lowest BCUT2D eigenvalue weighted by Gasteiger charge is -2.26. The Morgan fingerprint density at radius 2 is 1.73 bits per heavy atom. The van der Waals surface area contributed by atoms with E-state index in [9.17, 15) is 4.79 Å². The SMILES string of the molecule is O=C(Nc1ccccc1)n1ccc2cc(C3=CC=C(C4CCCCC4)CC3)ccc21. The minimum absolute atomic E-state index is 0.138. The lowest BCUT2D eigenvalue weighted by Crippen LogP contribution is -2.18. The number of nitrogens with one attached hydrogen (secondary N) is 1. The van der Waals surface area contributed by atoms with Gasteiger partial charge in [-0.25, -0.2) is 4.79 Å². The lowest BCUT2D eigenvalue weighted by atomic mass is 9.79. The first-order valence-corrected chi connectivity index (χ1v) is 11.2. The Bertz CT molecular complexity index is 1110. The minimum atomic E-state index is -0.138. The van der Waals surface area contributed by atoms with Crippen molar-refractivity contribution in [1.82, 2.24) is 4.57 Å². The number of aromatic nitrogens is 1. The highest BCUT2D eigenvalue weighted by Gasteiger charge is 2.20. The first-order valence-electron chi connectivity index (χ1n) is 11.2. The molecule has 152 valence electrons. The van der Waals surface area contributed by atoms with Crippen LogP contribution in [0.5, 0.6) is 0 Å². The number of hydrogen-bond donors (Lipinski definition) is 1. The van der Waals surface area contributed by atoms with Gasteiger partial charge in [-0.05, 0) is 73.1 Å². The van der Waals surface area contributed by atoms with Gasteiger partial charge >= 0.3 is 6.03 Å². The summed E-state index contributed by atoms with van der Waals surface area (Å²) in [6, 6.07) is 17.9. The van der Waals surface area contributed by atoms with Crippen molar-refractivity contribution in [3.05, 3.63) is 84.1 Å². The topological polar surface area (TPSA) is 34.0 Å². The number of amides is 1. The maximum atomic E-state index is 12.7. The highest BCUT2D eigenvalue weighted by Crippen LogP contribution is 2.37. The minimum Gasteiger partial charge on any atom is -0.307 e. The van der Waals surface area contributed by atoms with Crippen LogP contribution < -0.4 is 5.32 Å². The number of anilines is 1. The van der Waals surface area contributed by atoms with Crippen molar-refractivity contribution < 1.29 is 4.79 Å². The smallest absolute Gasteiger partial charge is 0.307 e. The molecule has 1 heterocycles. The zero-order valence-corrected chi connectivity index (χ0v) is 17.3. The Balaban J connectivity index is 1.35. The Morgan fingerprint density at radius 3 is 2.50 bits per heavy atom. The Morgan fingerprint density at radius 1 is 0.900 bits per heavy atom. The molecule has 1 N–H and O–H groups in total. The summed E-state index contributed by atoms with van der Waals surface area (Å²) < 4.78 is 1.68. The summed E-state index contributed by atoms with van der Waals surface area (Å²) in [7, 11) is 0. The number of nitrogens with zero attached hydrogens (tertiary/aromatic N) is 1. The summed E-state index contributed by atoms with van der Waals surface area (Å²) in [5, 5.41) is 4.05. The van der Waals surface area contributed by atoms with Gasteiger partial charge in [0.05, 0.1) is 5.52 Å². The summed E-state index contributed by atoms with van der Waals surface area (Å²) in [6.07, 6.45) is 15.8. The maximum absolute atomic E-state index is 12.7. The molecule has 5 rings (SSSR count). The molecule has 0 spiro atoms. The molecule has 1 saturated carbocycles. The number of carbonyl (C=O) groups excluding carboxylic acids is 1. The van der Waals surface area contributed by atoms with E-state index in [2.05, 4.69) is 35.7 Å². The molecule has 3 nitrogen and oxygen atoms in total. The highest BCUT2D eigenvalue weighted by molar-refractivity contribution is 5.99. The fourth-order valence-corrected chi connectivity index (χ4v) is 4.93. The average Bonchev–Trinajstić information content (AvgIpc) is 3.24. The second kappa shape index (κ2) is 8.35. The molecule has 0 unspecified atom stereocenters. The van der Waals surface area contributed by atoms with Gasteiger partial charge in [-0.15, -0.1) is 0 Å². The van der Waals surface area contributed by atoms with Crippen molar-refractivity contribution in [3.8, 4) is 0 Å². The molecule has 0 bridgehead atoms. The van der Waals surface area contributed by atoms with Crippen molar-refractivity contribution in [2.75, 3.05) is 5.32 Å². The third kappa shape index (κ3) is 3.85. The molecule has 1 aromatic heterocycles. The van der Waals surface area contributed by atoms with Crippen molar-refractivity contribution in [1.29, 1.82) is 0 Å². The van der Waals surface area contributed by atoms with Gasteiger partial charge < -0.3 is 5.32 Å². The molecule has 30 heavy (non-hydrogen) atoms. The standard InChI is InChI=1S/C27H28N2O/c30-27(28-25-9-5-2-6-10-25)29-18-17-24-19-23(15-16-26(24)29)22-13-11-21(12-14-22)20-7-3-1-4-8-20/h2,5-6,9-11,13,15-20H,1,3-4,7-8,12,14H2,(H,28,30). The number of hydrogen-bond acceptors (Lipinski definition) is 1. The zero-order valence-electron chi connectivity index (χ0n) is 17.3. The number of fused-ring (bicyclic) bond motifs is 1. The summed E-state index contributed by atoms with van der Waals surface area (Å²) >= 11 is 0. The summed E-state index contributed by atoms with van der Waals surface area (Å²) in [5.41, 5.74) is 6.06. The van der Waals surface area contributed by atoms with E-state index in [4.69, 9.17) is 0 Å². The molecule has 3 aromatic rings. The number of benzene rings is 2. The van der Waals surface area contributed by atoms with E-state index in [-0.39, 0.29) is 6.03 Å². The van der Waals surface area contributed by atoms with Crippen LogP contribution in [0.4, 0.5) is 10.5 Å². The summed E-state index contributed by atoms with van der Waals surface area (Å²) in [6.45, 7) is 0. The zero-order chi connectivity index (χ0) is 20.3. The van der Waals surface area contributed by atoms with Crippen LogP contribution in [0, 0.1) is 5.92 Å². The number of allylic oxidation sites excluding steroid dienone is 4. The van der Waals surface area contributed by atoms with E-state index >= 15 is 0 Å². The third-order valence-electron chi connectivity index (χ3n) is 6.62. The molecule has 0 aliphatic heterocycles. The molecule has 2 aliphatic carbocycles. The van der Waals surface area contributed by atoms with Crippen LogP contribution >= 0.6 is 0 Å². The van der Waals surface area contributed by atoms with Gasteiger partial charge in [-0.1, -0.05) is 61.3 Å². The lowest BCUT2D eigenvalue weighted by molar-refractivity contribution is 0.254. The molecule has 2 aliphatic rings. The Labute approximate surface area is 178 Å². The van der Waals surface area contributed by atoms with E-state index in [1.165, 1.54) is 49.7 Å². The van der Waals surface area contributed by atoms with Crippen LogP contribution in [-0.2, 0) is 0 Å². The van der Waals surface area contributed by atoms with Crippen molar-refractivity contribution >= 4 is 28.2 Å². The second-order valence-electron chi connectivity index (χ2n) is 8.52. The fraction of sp³-hybridized carbons (Fsp3) is 0.296. The van der Waals surface area contributed by atoms with E-state index in [0.717, 1.165) is 28.9 Å². The predicted octanol–water partition coefficient (Wildman–Crippen LogP) is 7.41. The monoisotopic (exact) mass is 396 g/mol. The van der Waals surface area contributed by atoms with Gasteiger partial charge in [0.15, 0.2) is 0 Å². The van der Waals surface area contributed by atoms with Gasteiger partial charge in [0.2, 0.25) is 0 Å². The van der Waals surface area contributed by atoms with Gasteiger partial charge in [-0.3, -0.25) is 4.57 Å². The van der Waals surface area contributed by atoms with Crippen LogP contribution in [0.25, 0.3) is 16.5 Å². The van der Waals surface area contributed by atoms with Crippen molar-refractivity contribution in [3.63, 3.8) is 0 Å². The van der Waals surface area contributed by atoms with Gasteiger partial charge in [0.25, 0.3) is 0 Å². The first kappa shape index (κ1) is 18.9. The largest absolute Gasteiger partial charge is 0.330 e. The predicted molar refractivity (Wildman–Crippen MR) is 125 cm³/mol. The molecule has 1 fully saturated rings. The van der Waals surface area contributed by atoms with Crippen LogP contribution in [0.15, 0.2) is 78.5 Å². The van der Waals surface area contributed by atoms with Crippen molar-refractivity contribution in [2.24, 2.45) is 5.92 Å². The van der Waals surface area contributed by atoms with E-state index in [1.54, 1.807) is 10.1 Å². The normalized spacial score (nSPS) is 17.5. The Hall–Kier alpha value is -3.07. The molecular formula is C27H28N2O. The summed E-state index contributed by atoms with van der Waals surface area (Å²) in [5.74, 6) is 0.816. The maximum Gasteiger partial charge on any atom is 0.330 e. The second-order valence-corrected chi connectivity index (χ2v) is 8.52. The number of carbonyl (C=O) groups is 1.